The molecule has 1 fully saturated rings. The second-order valence-corrected chi connectivity index (χ2v) is 5.99. The third-order valence-corrected chi connectivity index (χ3v) is 4.38. The van der Waals surface area contributed by atoms with E-state index in [0.29, 0.717) is 0 Å². The molecule has 1 saturated heterocycles. The van der Waals surface area contributed by atoms with Gasteiger partial charge in [-0.05, 0) is 31.1 Å². The number of hydrogen-bond donors (Lipinski definition) is 1. The first-order valence-corrected chi connectivity index (χ1v) is 7.83. The number of ether oxygens (including phenoxy) is 1. The first-order valence-electron chi connectivity index (χ1n) is 7.83. The molecule has 0 unspecified atom stereocenters. The molecule has 114 valence electrons. The van der Waals surface area contributed by atoms with Gasteiger partial charge in [-0.15, -0.1) is 0 Å². The molecule has 0 saturated carbocycles. The van der Waals surface area contributed by atoms with Gasteiger partial charge in [0.2, 0.25) is 0 Å². The Bertz CT molecular complexity index is 631. The molecule has 1 heterocycles. The van der Waals surface area contributed by atoms with E-state index >= 15 is 0 Å². The van der Waals surface area contributed by atoms with Crippen LogP contribution in [0.5, 0.6) is 0 Å². The fourth-order valence-electron chi connectivity index (χ4n) is 3.38. The number of rotatable bonds is 3. The normalized spacial score (nSPS) is 27.6. The van der Waals surface area contributed by atoms with Crippen LogP contribution < -0.4 is 0 Å². The topological polar surface area (TPSA) is 29.5 Å². The van der Waals surface area contributed by atoms with Gasteiger partial charge >= 0.3 is 0 Å². The summed E-state index contributed by atoms with van der Waals surface area (Å²) in [6, 6.07) is 20.5. The van der Waals surface area contributed by atoms with Crippen molar-refractivity contribution in [1.82, 2.24) is 0 Å². The van der Waals surface area contributed by atoms with Gasteiger partial charge in [0.25, 0.3) is 0 Å². The summed E-state index contributed by atoms with van der Waals surface area (Å²) >= 11 is 0. The summed E-state index contributed by atoms with van der Waals surface area (Å²) in [6.45, 7) is 3.89. The van der Waals surface area contributed by atoms with Crippen molar-refractivity contribution in [3.05, 3.63) is 77.5 Å². The van der Waals surface area contributed by atoms with Crippen LogP contribution in [-0.2, 0) is 4.74 Å². The summed E-state index contributed by atoms with van der Waals surface area (Å²) in [4.78, 5) is 0. The molecule has 2 aromatic carbocycles. The maximum Gasteiger partial charge on any atom is 0.105 e. The van der Waals surface area contributed by atoms with E-state index in [1.165, 1.54) is 5.56 Å². The van der Waals surface area contributed by atoms with E-state index < -0.39 is 6.10 Å². The molecular formula is C20H22O2. The average molecular weight is 294 g/mol. The van der Waals surface area contributed by atoms with E-state index in [9.17, 15) is 5.11 Å². The highest BCUT2D eigenvalue weighted by Gasteiger charge is 2.42. The standard InChI is InChI=1S/C20H22O2/c1-14(21)19-15(2)22-18(13-16-9-5-3-6-10-16)20(19)17-11-7-4-8-12-17/h3-15,19-21H,1-2H3/b18-13-/t14-,15+,19+,20-/m1/s1. The van der Waals surface area contributed by atoms with Gasteiger partial charge in [-0.1, -0.05) is 60.7 Å². The second-order valence-electron chi connectivity index (χ2n) is 5.99. The van der Waals surface area contributed by atoms with Gasteiger partial charge in [0, 0.05) is 5.92 Å². The number of aliphatic hydroxyl groups excluding tert-OH is 1. The number of allylic oxidation sites excluding steroid dienone is 1. The summed E-state index contributed by atoms with van der Waals surface area (Å²) < 4.78 is 6.11. The summed E-state index contributed by atoms with van der Waals surface area (Å²) in [7, 11) is 0. The van der Waals surface area contributed by atoms with E-state index in [1.807, 2.05) is 50.2 Å². The van der Waals surface area contributed by atoms with Crippen molar-refractivity contribution in [2.75, 3.05) is 0 Å². The zero-order chi connectivity index (χ0) is 15.5. The highest BCUT2D eigenvalue weighted by molar-refractivity contribution is 5.54. The van der Waals surface area contributed by atoms with E-state index in [-0.39, 0.29) is 17.9 Å². The van der Waals surface area contributed by atoms with E-state index in [4.69, 9.17) is 4.74 Å². The predicted octanol–water partition coefficient (Wildman–Crippen LogP) is 4.23. The quantitative estimate of drug-likeness (QED) is 0.918. The molecule has 0 bridgehead atoms. The molecule has 2 heteroatoms. The lowest BCUT2D eigenvalue weighted by Gasteiger charge is -2.22. The molecule has 1 aliphatic rings. The molecule has 22 heavy (non-hydrogen) atoms. The fourth-order valence-corrected chi connectivity index (χ4v) is 3.38. The van der Waals surface area contributed by atoms with E-state index in [2.05, 4.69) is 30.3 Å². The maximum atomic E-state index is 10.2. The summed E-state index contributed by atoms with van der Waals surface area (Å²) in [6.07, 6.45) is 1.68. The third-order valence-electron chi connectivity index (χ3n) is 4.38. The van der Waals surface area contributed by atoms with Gasteiger partial charge in [-0.25, -0.2) is 0 Å². The van der Waals surface area contributed by atoms with Crippen molar-refractivity contribution in [3.8, 4) is 0 Å². The number of hydrogen-bond acceptors (Lipinski definition) is 2. The molecule has 0 spiro atoms. The zero-order valence-electron chi connectivity index (χ0n) is 13.0. The first kappa shape index (κ1) is 14.9. The van der Waals surface area contributed by atoms with Crippen molar-refractivity contribution in [1.29, 1.82) is 0 Å². The third kappa shape index (κ3) is 2.93. The molecule has 2 nitrogen and oxygen atoms in total. The molecule has 3 rings (SSSR count). The molecule has 0 aliphatic carbocycles. The Hall–Kier alpha value is -2.06. The Morgan fingerprint density at radius 1 is 1.00 bits per heavy atom. The molecule has 0 radical (unpaired) electrons. The van der Waals surface area contributed by atoms with Crippen LogP contribution in [-0.4, -0.2) is 17.3 Å². The number of aliphatic hydroxyl groups is 1. The van der Waals surface area contributed by atoms with Crippen molar-refractivity contribution in [3.63, 3.8) is 0 Å². The van der Waals surface area contributed by atoms with E-state index in [0.717, 1.165) is 11.3 Å². The van der Waals surface area contributed by atoms with Gasteiger partial charge in [0.05, 0.1) is 12.0 Å². The lowest BCUT2D eigenvalue weighted by atomic mass is 9.81. The Morgan fingerprint density at radius 2 is 1.59 bits per heavy atom. The minimum atomic E-state index is -0.415. The Labute approximate surface area is 132 Å². The Balaban J connectivity index is 2.03. The van der Waals surface area contributed by atoms with Gasteiger partial charge in [-0.3, -0.25) is 0 Å². The first-order chi connectivity index (χ1) is 10.7. The molecule has 4 atom stereocenters. The average Bonchev–Trinajstić information content (AvgIpc) is 2.85. The smallest absolute Gasteiger partial charge is 0.105 e. The number of benzene rings is 2. The van der Waals surface area contributed by atoms with Crippen LogP contribution >= 0.6 is 0 Å². The van der Waals surface area contributed by atoms with Crippen LogP contribution in [0.4, 0.5) is 0 Å². The minimum absolute atomic E-state index is 0.000156. The summed E-state index contributed by atoms with van der Waals surface area (Å²) in [5.41, 5.74) is 2.32. The molecule has 0 amide bonds. The highest BCUT2D eigenvalue weighted by atomic mass is 16.5. The van der Waals surface area contributed by atoms with E-state index in [1.54, 1.807) is 0 Å². The Kier molecular flexibility index (Phi) is 4.30. The van der Waals surface area contributed by atoms with Crippen LogP contribution in [0.1, 0.15) is 30.9 Å². The second kappa shape index (κ2) is 6.37. The summed E-state index contributed by atoms with van der Waals surface area (Å²) in [5, 5.41) is 10.2. The zero-order valence-corrected chi connectivity index (χ0v) is 13.0. The molecular weight excluding hydrogens is 272 g/mol. The summed E-state index contributed by atoms with van der Waals surface area (Å²) in [5.74, 6) is 1.10. The van der Waals surface area contributed by atoms with Crippen molar-refractivity contribution < 1.29 is 9.84 Å². The van der Waals surface area contributed by atoms with Crippen LogP contribution in [0.3, 0.4) is 0 Å². The minimum Gasteiger partial charge on any atom is -0.494 e. The SMILES string of the molecule is C[C@@H]1O/C(=C\c2ccccc2)[C@@H](c2ccccc2)[C@H]1[C@@H](C)O. The predicted molar refractivity (Wildman–Crippen MR) is 89.3 cm³/mol. The van der Waals surface area contributed by atoms with Crippen molar-refractivity contribution in [2.24, 2.45) is 5.92 Å². The molecule has 1 aliphatic heterocycles. The van der Waals surface area contributed by atoms with Crippen LogP contribution in [0.2, 0.25) is 0 Å². The molecule has 2 aromatic rings. The van der Waals surface area contributed by atoms with Gasteiger partial charge in [-0.2, -0.15) is 0 Å². The van der Waals surface area contributed by atoms with Crippen molar-refractivity contribution in [2.45, 2.75) is 32.0 Å². The maximum absolute atomic E-state index is 10.2. The molecule has 0 aromatic heterocycles. The monoisotopic (exact) mass is 294 g/mol. The van der Waals surface area contributed by atoms with Gasteiger partial charge in [0.15, 0.2) is 0 Å². The molecule has 1 N–H and O–H groups in total. The fraction of sp³-hybridized carbons (Fsp3) is 0.300. The lowest BCUT2D eigenvalue weighted by Crippen LogP contribution is -2.27. The Morgan fingerprint density at radius 3 is 2.18 bits per heavy atom. The lowest BCUT2D eigenvalue weighted by molar-refractivity contribution is 0.0627. The highest BCUT2D eigenvalue weighted by Crippen LogP contribution is 2.45. The van der Waals surface area contributed by atoms with Crippen LogP contribution in [0.15, 0.2) is 66.4 Å². The van der Waals surface area contributed by atoms with Gasteiger partial charge in [0.1, 0.15) is 11.9 Å². The van der Waals surface area contributed by atoms with Crippen LogP contribution in [0.25, 0.3) is 6.08 Å². The van der Waals surface area contributed by atoms with Crippen LogP contribution in [0, 0.1) is 5.92 Å². The largest absolute Gasteiger partial charge is 0.494 e. The van der Waals surface area contributed by atoms with Crippen molar-refractivity contribution >= 4 is 6.08 Å². The van der Waals surface area contributed by atoms with Gasteiger partial charge < -0.3 is 9.84 Å².